The molecule has 1 heterocycles. The molecule has 0 aliphatic carbocycles. The van der Waals surface area contributed by atoms with Crippen LogP contribution in [0.5, 0.6) is 0 Å². The van der Waals surface area contributed by atoms with Crippen LogP contribution >= 0.6 is 0 Å². The summed E-state index contributed by atoms with van der Waals surface area (Å²) in [6, 6.07) is 9.06. The summed E-state index contributed by atoms with van der Waals surface area (Å²) in [6.07, 6.45) is -1.68. The minimum atomic E-state index is -4.69. The van der Waals surface area contributed by atoms with E-state index in [9.17, 15) is 28.1 Å². The van der Waals surface area contributed by atoms with Crippen molar-refractivity contribution in [1.82, 2.24) is 25.0 Å². The molecule has 1 unspecified atom stereocenters. The zero-order valence-corrected chi connectivity index (χ0v) is 18.3. The highest BCUT2D eigenvalue weighted by molar-refractivity contribution is 5.74. The van der Waals surface area contributed by atoms with Crippen molar-refractivity contribution in [2.45, 2.75) is 19.1 Å². The molecule has 0 fully saturated rings. The van der Waals surface area contributed by atoms with Gasteiger partial charge in [-0.05, 0) is 36.8 Å². The number of aromatic nitrogens is 3. The zero-order valence-electron chi connectivity index (χ0n) is 18.3. The average molecular weight is 477 g/mol. The lowest BCUT2D eigenvalue weighted by Crippen LogP contribution is -2.40. The van der Waals surface area contributed by atoms with Gasteiger partial charge in [-0.3, -0.25) is 10.1 Å². The van der Waals surface area contributed by atoms with Crippen molar-refractivity contribution in [3.63, 3.8) is 0 Å². The number of hydrogen-bond donors (Lipinski definition) is 2. The lowest BCUT2D eigenvalue weighted by molar-refractivity contribution is -0.384. The molecular weight excluding hydrogens is 455 g/mol. The topological polar surface area (TPSA) is 118 Å². The molecule has 0 radical (unpaired) electrons. The fourth-order valence-corrected chi connectivity index (χ4v) is 3.15. The van der Waals surface area contributed by atoms with Gasteiger partial charge in [0.1, 0.15) is 18.3 Å². The predicted octanol–water partition coefficient (Wildman–Crippen LogP) is 4.01. The summed E-state index contributed by atoms with van der Waals surface area (Å²) >= 11 is 0. The molecule has 0 bridgehead atoms. The summed E-state index contributed by atoms with van der Waals surface area (Å²) in [5.41, 5.74) is -0.158. The van der Waals surface area contributed by atoms with Gasteiger partial charge in [-0.1, -0.05) is 12.1 Å². The number of urea groups is 1. The van der Waals surface area contributed by atoms with E-state index in [0.717, 1.165) is 23.4 Å². The van der Waals surface area contributed by atoms with Gasteiger partial charge in [0.15, 0.2) is 0 Å². The number of benzene rings is 2. The zero-order chi connectivity index (χ0) is 24.9. The standard InChI is InChI=1S/C21H22F3N7O3/c1-14(15-3-6-17(7-4-15)30-13-25-12-28-30)29(2)20(32)27-10-9-26-18-8-5-16(21(22,23)24)11-19(18)31(33)34/h3-8,11-14,26H,9-10H2,1-2H3,(H,27,32). The highest BCUT2D eigenvalue weighted by atomic mass is 19.4. The third-order valence-electron chi connectivity index (χ3n) is 5.20. The molecule has 1 aromatic heterocycles. The van der Waals surface area contributed by atoms with Crippen LogP contribution in [0.2, 0.25) is 0 Å². The van der Waals surface area contributed by atoms with E-state index in [1.807, 2.05) is 31.2 Å². The maximum Gasteiger partial charge on any atom is 0.416 e. The van der Waals surface area contributed by atoms with Crippen molar-refractivity contribution < 1.29 is 22.9 Å². The van der Waals surface area contributed by atoms with Gasteiger partial charge in [0.05, 0.1) is 22.2 Å². The molecule has 34 heavy (non-hydrogen) atoms. The first kappa shape index (κ1) is 24.5. The molecule has 0 spiro atoms. The van der Waals surface area contributed by atoms with E-state index in [0.29, 0.717) is 6.07 Å². The van der Waals surface area contributed by atoms with Gasteiger partial charge >= 0.3 is 12.2 Å². The molecule has 1 atom stereocenters. The fraction of sp³-hybridized carbons (Fsp3) is 0.286. The first-order valence-electron chi connectivity index (χ1n) is 10.1. The molecule has 2 aromatic carbocycles. The summed E-state index contributed by atoms with van der Waals surface area (Å²) in [5.74, 6) is 0. The van der Waals surface area contributed by atoms with Crippen molar-refractivity contribution in [2.75, 3.05) is 25.5 Å². The Morgan fingerprint density at radius 2 is 1.91 bits per heavy atom. The van der Waals surface area contributed by atoms with E-state index in [1.54, 1.807) is 18.1 Å². The number of hydrogen-bond acceptors (Lipinski definition) is 6. The van der Waals surface area contributed by atoms with Gasteiger partial charge in [-0.15, -0.1) is 0 Å². The maximum atomic E-state index is 12.8. The Labute approximate surface area is 192 Å². The van der Waals surface area contributed by atoms with E-state index < -0.39 is 22.4 Å². The third-order valence-corrected chi connectivity index (χ3v) is 5.20. The van der Waals surface area contributed by atoms with Gasteiger partial charge in [-0.25, -0.2) is 14.5 Å². The summed E-state index contributed by atoms with van der Waals surface area (Å²) in [7, 11) is 1.62. The summed E-state index contributed by atoms with van der Waals surface area (Å²) in [5, 5.41) is 20.6. The van der Waals surface area contributed by atoms with E-state index in [4.69, 9.17) is 0 Å². The van der Waals surface area contributed by atoms with Gasteiger partial charge in [0, 0.05) is 26.2 Å². The number of rotatable bonds is 8. The van der Waals surface area contributed by atoms with Crippen LogP contribution in [0.3, 0.4) is 0 Å². The SMILES string of the molecule is CC(c1ccc(-n2cncn2)cc1)N(C)C(=O)NCCNc1ccc(C(F)(F)F)cc1[N+](=O)[O-]. The Morgan fingerprint density at radius 3 is 2.50 bits per heavy atom. The van der Waals surface area contributed by atoms with E-state index >= 15 is 0 Å². The minimum Gasteiger partial charge on any atom is -0.378 e. The molecule has 0 aliphatic rings. The van der Waals surface area contributed by atoms with Crippen LogP contribution < -0.4 is 10.6 Å². The van der Waals surface area contributed by atoms with Crippen LogP contribution in [0.25, 0.3) is 5.69 Å². The molecule has 3 aromatic rings. The smallest absolute Gasteiger partial charge is 0.378 e. The van der Waals surface area contributed by atoms with E-state index in [2.05, 4.69) is 20.7 Å². The normalized spacial score (nSPS) is 12.1. The highest BCUT2D eigenvalue weighted by Crippen LogP contribution is 2.34. The van der Waals surface area contributed by atoms with Gasteiger partial charge in [0.25, 0.3) is 5.69 Å². The average Bonchev–Trinajstić information content (AvgIpc) is 3.35. The fourth-order valence-electron chi connectivity index (χ4n) is 3.15. The lowest BCUT2D eigenvalue weighted by atomic mass is 10.1. The number of carbonyl (C=O) groups is 1. The Bertz CT molecular complexity index is 1140. The molecule has 2 N–H and O–H groups in total. The molecule has 180 valence electrons. The van der Waals surface area contributed by atoms with Crippen molar-refractivity contribution in [2.24, 2.45) is 0 Å². The second kappa shape index (κ2) is 10.2. The lowest BCUT2D eigenvalue weighted by Gasteiger charge is -2.26. The van der Waals surface area contributed by atoms with Crippen molar-refractivity contribution >= 4 is 17.4 Å². The highest BCUT2D eigenvalue weighted by Gasteiger charge is 2.33. The molecule has 2 amide bonds. The molecule has 3 rings (SSSR count). The largest absolute Gasteiger partial charge is 0.416 e. The first-order valence-corrected chi connectivity index (χ1v) is 10.1. The number of nitrogens with one attached hydrogen (secondary N) is 2. The molecule has 10 nitrogen and oxygen atoms in total. The number of amides is 2. The number of anilines is 1. The number of halogens is 3. The van der Waals surface area contributed by atoms with Crippen LogP contribution in [-0.4, -0.2) is 50.8 Å². The Morgan fingerprint density at radius 1 is 1.21 bits per heavy atom. The molecule has 0 saturated carbocycles. The third kappa shape index (κ3) is 5.79. The predicted molar refractivity (Wildman–Crippen MR) is 118 cm³/mol. The number of alkyl halides is 3. The van der Waals surface area contributed by atoms with Gasteiger partial charge in [0.2, 0.25) is 0 Å². The van der Waals surface area contributed by atoms with Crippen molar-refractivity contribution in [3.8, 4) is 5.69 Å². The van der Waals surface area contributed by atoms with Gasteiger partial charge in [-0.2, -0.15) is 18.3 Å². The van der Waals surface area contributed by atoms with E-state index in [-0.39, 0.29) is 30.8 Å². The summed E-state index contributed by atoms with van der Waals surface area (Å²) in [4.78, 5) is 28.1. The second-order valence-electron chi connectivity index (χ2n) is 7.36. The number of nitro groups is 1. The summed E-state index contributed by atoms with van der Waals surface area (Å²) in [6.45, 7) is 2.03. The quantitative estimate of drug-likeness (QED) is 0.288. The molecule has 0 saturated heterocycles. The monoisotopic (exact) mass is 477 g/mol. The van der Waals surface area contributed by atoms with Crippen LogP contribution in [0.1, 0.15) is 24.1 Å². The van der Waals surface area contributed by atoms with Crippen LogP contribution in [0.4, 0.5) is 29.3 Å². The Kier molecular flexibility index (Phi) is 7.34. The molecule has 13 heteroatoms. The first-order chi connectivity index (χ1) is 16.1. The molecular formula is C21H22F3N7O3. The van der Waals surface area contributed by atoms with Crippen LogP contribution in [-0.2, 0) is 6.18 Å². The van der Waals surface area contributed by atoms with Gasteiger partial charge < -0.3 is 15.5 Å². The van der Waals surface area contributed by atoms with Crippen LogP contribution in [0.15, 0.2) is 55.1 Å². The van der Waals surface area contributed by atoms with Crippen LogP contribution in [0, 0.1) is 10.1 Å². The van der Waals surface area contributed by atoms with Crippen molar-refractivity contribution in [1.29, 1.82) is 0 Å². The summed E-state index contributed by atoms with van der Waals surface area (Å²) < 4.78 is 40.0. The number of nitrogens with zero attached hydrogens (tertiary/aromatic N) is 5. The van der Waals surface area contributed by atoms with E-state index in [1.165, 1.54) is 11.2 Å². The minimum absolute atomic E-state index is 0.0681. The number of carbonyl (C=O) groups excluding carboxylic acids is 1. The second-order valence-corrected chi connectivity index (χ2v) is 7.36. The van der Waals surface area contributed by atoms with Crippen molar-refractivity contribution in [3.05, 3.63) is 76.4 Å². The molecule has 0 aliphatic heterocycles. The Balaban J connectivity index is 1.53. The Hall–Kier alpha value is -4.16. The maximum absolute atomic E-state index is 12.8. The number of nitro benzene ring substituents is 1.